The van der Waals surface area contributed by atoms with Crippen LogP contribution in [0.1, 0.15) is 64.3 Å². The minimum Gasteiger partial charge on any atom is -0.497 e. The number of fused-ring (bicyclic) bond motifs is 1. The molecule has 178 valence electrons. The summed E-state index contributed by atoms with van der Waals surface area (Å²) < 4.78 is 25.6. The standard InChI is InChI=1S/C26H33FN2O4/c1-25(2,3)20-11-8-17(15-21(20)27)28-23(30)22-19-10-9-18(32-7)14-16(19)12-13-29(22)24(31)33-26(4,5)6/h8-11,14-15,22H,12-13H2,1-7H3,(H,28,30). The fraction of sp³-hybridized carbons (Fsp3) is 0.462. The van der Waals surface area contributed by atoms with E-state index in [0.29, 0.717) is 35.5 Å². The number of halogens is 1. The van der Waals surface area contributed by atoms with E-state index < -0.39 is 29.5 Å². The van der Waals surface area contributed by atoms with Gasteiger partial charge in [0.05, 0.1) is 7.11 Å². The summed E-state index contributed by atoms with van der Waals surface area (Å²) in [7, 11) is 1.58. The Kier molecular flexibility index (Phi) is 6.73. The molecule has 1 N–H and O–H groups in total. The third kappa shape index (κ3) is 5.64. The molecule has 1 atom stereocenters. The Morgan fingerprint density at radius 3 is 2.33 bits per heavy atom. The summed E-state index contributed by atoms with van der Waals surface area (Å²) in [5, 5.41) is 2.79. The van der Waals surface area contributed by atoms with Gasteiger partial charge in [0.15, 0.2) is 0 Å². The van der Waals surface area contributed by atoms with E-state index >= 15 is 0 Å². The molecule has 1 aliphatic heterocycles. The maximum absolute atomic E-state index is 14.7. The molecule has 2 aromatic rings. The highest BCUT2D eigenvalue weighted by Gasteiger charge is 2.38. The minimum absolute atomic E-state index is 0.310. The van der Waals surface area contributed by atoms with Gasteiger partial charge in [-0.15, -0.1) is 0 Å². The smallest absolute Gasteiger partial charge is 0.411 e. The summed E-state index contributed by atoms with van der Waals surface area (Å²) in [6.07, 6.45) is -0.0110. The third-order valence-electron chi connectivity index (χ3n) is 5.50. The summed E-state index contributed by atoms with van der Waals surface area (Å²) in [5.41, 5.74) is 1.44. The monoisotopic (exact) mass is 456 g/mol. The maximum Gasteiger partial charge on any atom is 0.411 e. The molecule has 0 radical (unpaired) electrons. The number of rotatable bonds is 3. The Bertz CT molecular complexity index is 1050. The summed E-state index contributed by atoms with van der Waals surface area (Å²) in [6.45, 7) is 11.4. The first-order valence-electron chi connectivity index (χ1n) is 11.1. The number of anilines is 1. The van der Waals surface area contributed by atoms with Crippen LogP contribution in [0.15, 0.2) is 36.4 Å². The zero-order chi connectivity index (χ0) is 24.6. The maximum atomic E-state index is 14.7. The van der Waals surface area contributed by atoms with Gasteiger partial charge in [0.1, 0.15) is 23.2 Å². The highest BCUT2D eigenvalue weighted by Crippen LogP contribution is 2.35. The average Bonchev–Trinajstić information content (AvgIpc) is 2.70. The molecule has 0 spiro atoms. The van der Waals surface area contributed by atoms with Gasteiger partial charge in [0, 0.05) is 12.2 Å². The molecule has 33 heavy (non-hydrogen) atoms. The van der Waals surface area contributed by atoms with E-state index in [1.165, 1.54) is 11.0 Å². The Hall–Kier alpha value is -3.09. The van der Waals surface area contributed by atoms with Crippen molar-refractivity contribution in [1.29, 1.82) is 0 Å². The van der Waals surface area contributed by atoms with Gasteiger partial charge >= 0.3 is 6.09 Å². The highest BCUT2D eigenvalue weighted by atomic mass is 19.1. The molecule has 1 unspecified atom stereocenters. The second kappa shape index (κ2) is 9.04. The molecule has 0 saturated carbocycles. The van der Waals surface area contributed by atoms with Crippen molar-refractivity contribution >= 4 is 17.7 Å². The lowest BCUT2D eigenvalue weighted by molar-refractivity contribution is -0.121. The van der Waals surface area contributed by atoms with Gasteiger partial charge in [0.2, 0.25) is 0 Å². The number of hydrogen-bond donors (Lipinski definition) is 1. The van der Waals surface area contributed by atoms with Crippen LogP contribution >= 0.6 is 0 Å². The van der Waals surface area contributed by atoms with Crippen LogP contribution in [0.5, 0.6) is 5.75 Å². The Labute approximate surface area is 195 Å². The number of carbonyl (C=O) groups is 2. The lowest BCUT2D eigenvalue weighted by Crippen LogP contribution is -2.47. The van der Waals surface area contributed by atoms with Crippen molar-refractivity contribution in [3.8, 4) is 5.75 Å². The number of carbonyl (C=O) groups excluding carboxylic acids is 2. The fourth-order valence-corrected chi connectivity index (χ4v) is 3.94. The topological polar surface area (TPSA) is 67.9 Å². The number of amides is 2. The van der Waals surface area contributed by atoms with Crippen molar-refractivity contribution in [2.75, 3.05) is 19.0 Å². The quantitative estimate of drug-likeness (QED) is 0.652. The molecule has 2 amide bonds. The number of nitrogens with one attached hydrogen (secondary N) is 1. The van der Waals surface area contributed by atoms with Gasteiger partial charge in [-0.25, -0.2) is 9.18 Å². The first kappa shape index (κ1) is 24.6. The normalized spacial score (nSPS) is 16.1. The van der Waals surface area contributed by atoms with E-state index in [4.69, 9.17) is 9.47 Å². The number of nitrogens with zero attached hydrogens (tertiary/aromatic N) is 1. The third-order valence-corrected chi connectivity index (χ3v) is 5.50. The number of methoxy groups -OCH3 is 1. The second-order valence-corrected chi connectivity index (χ2v) is 10.3. The van der Waals surface area contributed by atoms with Crippen molar-refractivity contribution in [3.05, 3.63) is 58.9 Å². The van der Waals surface area contributed by atoms with Crippen LogP contribution in [0.3, 0.4) is 0 Å². The predicted molar refractivity (Wildman–Crippen MR) is 126 cm³/mol. The Balaban J connectivity index is 1.95. The molecule has 0 aromatic heterocycles. The molecule has 6 nitrogen and oxygen atoms in total. The van der Waals surface area contributed by atoms with Gasteiger partial charge < -0.3 is 14.8 Å². The van der Waals surface area contributed by atoms with Crippen LogP contribution in [-0.2, 0) is 21.4 Å². The molecule has 0 fully saturated rings. The lowest BCUT2D eigenvalue weighted by Gasteiger charge is -2.37. The number of ether oxygens (including phenoxy) is 2. The number of hydrogen-bond acceptors (Lipinski definition) is 4. The van der Waals surface area contributed by atoms with Crippen molar-refractivity contribution in [2.45, 2.75) is 65.0 Å². The molecule has 0 saturated heterocycles. The molecule has 7 heteroatoms. The fourth-order valence-electron chi connectivity index (χ4n) is 3.94. The first-order valence-corrected chi connectivity index (χ1v) is 11.1. The van der Waals surface area contributed by atoms with E-state index in [9.17, 15) is 14.0 Å². The highest BCUT2D eigenvalue weighted by molar-refractivity contribution is 5.97. The Morgan fingerprint density at radius 1 is 1.06 bits per heavy atom. The molecule has 0 aliphatic carbocycles. The van der Waals surface area contributed by atoms with Crippen molar-refractivity contribution in [2.24, 2.45) is 0 Å². The molecule has 1 heterocycles. The minimum atomic E-state index is -0.917. The van der Waals surface area contributed by atoms with E-state index in [2.05, 4.69) is 5.32 Å². The Morgan fingerprint density at radius 2 is 1.76 bits per heavy atom. The molecular formula is C26H33FN2O4. The van der Waals surface area contributed by atoms with Crippen molar-refractivity contribution in [1.82, 2.24) is 4.90 Å². The van der Waals surface area contributed by atoms with Crippen LogP contribution < -0.4 is 10.1 Å². The average molecular weight is 457 g/mol. The summed E-state index contributed by atoms with van der Waals surface area (Å²) >= 11 is 0. The molecule has 2 aromatic carbocycles. The summed E-state index contributed by atoms with van der Waals surface area (Å²) in [4.78, 5) is 27.8. The van der Waals surface area contributed by atoms with Gasteiger partial charge in [-0.1, -0.05) is 32.9 Å². The van der Waals surface area contributed by atoms with Crippen LogP contribution in [0.25, 0.3) is 0 Å². The van der Waals surface area contributed by atoms with E-state index in [1.807, 2.05) is 26.8 Å². The van der Waals surface area contributed by atoms with Crippen LogP contribution in [0.4, 0.5) is 14.9 Å². The van der Waals surface area contributed by atoms with Gasteiger partial charge in [-0.2, -0.15) is 0 Å². The summed E-state index contributed by atoms with van der Waals surface area (Å²) in [5.74, 6) is -0.147. The summed E-state index contributed by atoms with van der Waals surface area (Å²) in [6, 6.07) is 9.18. The zero-order valence-corrected chi connectivity index (χ0v) is 20.4. The van der Waals surface area contributed by atoms with E-state index in [0.717, 1.165) is 5.56 Å². The SMILES string of the molecule is COc1ccc2c(c1)CCN(C(=O)OC(C)(C)C)C2C(=O)Nc1ccc(C(C)(C)C)c(F)c1. The largest absolute Gasteiger partial charge is 0.497 e. The van der Waals surface area contributed by atoms with E-state index in [-0.39, 0.29) is 5.41 Å². The van der Waals surface area contributed by atoms with Gasteiger partial charge in [0.25, 0.3) is 5.91 Å². The van der Waals surface area contributed by atoms with Gasteiger partial charge in [-0.3, -0.25) is 9.69 Å². The van der Waals surface area contributed by atoms with Gasteiger partial charge in [-0.05, 0) is 73.6 Å². The predicted octanol–water partition coefficient (Wildman–Crippen LogP) is 5.60. The molecular weight excluding hydrogens is 423 g/mol. The molecule has 3 rings (SSSR count). The van der Waals surface area contributed by atoms with Crippen molar-refractivity contribution in [3.63, 3.8) is 0 Å². The van der Waals surface area contributed by atoms with Crippen LogP contribution in [0, 0.1) is 5.82 Å². The molecule has 0 bridgehead atoms. The first-order chi connectivity index (χ1) is 15.3. The van der Waals surface area contributed by atoms with E-state index in [1.54, 1.807) is 52.1 Å². The zero-order valence-electron chi connectivity index (χ0n) is 20.4. The van der Waals surface area contributed by atoms with Crippen molar-refractivity contribution < 1.29 is 23.5 Å². The molecule has 1 aliphatic rings. The second-order valence-electron chi connectivity index (χ2n) is 10.3. The lowest BCUT2D eigenvalue weighted by atomic mass is 9.86. The van der Waals surface area contributed by atoms with Crippen LogP contribution in [-0.4, -0.2) is 36.2 Å². The number of benzene rings is 2. The van der Waals surface area contributed by atoms with Crippen LogP contribution in [0.2, 0.25) is 0 Å².